The van der Waals surface area contributed by atoms with E-state index < -0.39 is 0 Å². The van der Waals surface area contributed by atoms with Crippen molar-refractivity contribution in [1.29, 1.82) is 0 Å². The van der Waals surface area contributed by atoms with Crippen LogP contribution in [0.25, 0.3) is 0 Å². The summed E-state index contributed by atoms with van der Waals surface area (Å²) in [7, 11) is 0. The van der Waals surface area contributed by atoms with Gasteiger partial charge in [-0.3, -0.25) is 0 Å². The smallest absolute Gasteiger partial charge is 0.123 e. The summed E-state index contributed by atoms with van der Waals surface area (Å²) in [6.45, 7) is 3.72. The molecule has 0 aromatic heterocycles. The molecule has 0 N–H and O–H groups in total. The fraction of sp³-hybridized carbons (Fsp3) is 0.667. The maximum absolute atomic E-state index is 10.5. The van der Waals surface area contributed by atoms with Crippen LogP contribution in [0.15, 0.2) is 12.7 Å². The van der Waals surface area contributed by atoms with Crippen molar-refractivity contribution in [1.82, 2.24) is 0 Å². The van der Waals surface area contributed by atoms with E-state index in [0.29, 0.717) is 5.92 Å². The maximum atomic E-state index is 10.5. The van der Waals surface area contributed by atoms with Gasteiger partial charge in [0.05, 0.1) is 0 Å². The van der Waals surface area contributed by atoms with Gasteiger partial charge in [-0.05, 0) is 18.8 Å². The third kappa shape index (κ3) is 1.47. The van der Waals surface area contributed by atoms with Crippen LogP contribution in [0, 0.1) is 11.8 Å². The van der Waals surface area contributed by atoms with Crippen molar-refractivity contribution in [2.75, 3.05) is 0 Å². The molecule has 0 unspecified atom stereocenters. The molecular weight excluding hydrogens is 124 g/mol. The Morgan fingerprint density at radius 1 is 1.20 bits per heavy atom. The number of carbonyl (C=O) groups is 1. The molecule has 0 saturated heterocycles. The maximum Gasteiger partial charge on any atom is 0.123 e. The highest BCUT2D eigenvalue weighted by atomic mass is 16.1. The molecule has 1 aliphatic rings. The first-order chi connectivity index (χ1) is 4.88. The third-order valence-corrected chi connectivity index (χ3v) is 2.35. The third-order valence-electron chi connectivity index (χ3n) is 2.35. The van der Waals surface area contributed by atoms with Gasteiger partial charge in [0.15, 0.2) is 0 Å². The summed E-state index contributed by atoms with van der Waals surface area (Å²) in [5.74, 6) is 0.734. The van der Waals surface area contributed by atoms with E-state index in [0.717, 1.165) is 19.1 Å². The highest BCUT2D eigenvalue weighted by Gasteiger charge is 2.21. The van der Waals surface area contributed by atoms with Crippen molar-refractivity contribution in [3.05, 3.63) is 12.7 Å². The number of aldehydes is 1. The fourth-order valence-corrected chi connectivity index (χ4v) is 1.65. The number of hydrogen-bond acceptors (Lipinski definition) is 1. The van der Waals surface area contributed by atoms with E-state index in [1.54, 1.807) is 0 Å². The molecular formula is C9H14O. The lowest BCUT2D eigenvalue weighted by molar-refractivity contribution is -0.112. The lowest BCUT2D eigenvalue weighted by Crippen LogP contribution is -2.18. The average Bonchev–Trinajstić information content (AvgIpc) is 2.04. The topological polar surface area (TPSA) is 17.1 Å². The van der Waals surface area contributed by atoms with Crippen molar-refractivity contribution in [2.24, 2.45) is 11.8 Å². The van der Waals surface area contributed by atoms with E-state index in [1.807, 2.05) is 6.08 Å². The van der Waals surface area contributed by atoms with Gasteiger partial charge in [-0.2, -0.15) is 0 Å². The SMILES string of the molecule is C=C[C@@H]1CCCC[C@H]1C=O. The standard InChI is InChI=1S/C9H14O/c1-2-8-5-3-4-6-9(8)7-10/h2,7-9H,1,3-6H2/t8-,9+/m1/s1. The van der Waals surface area contributed by atoms with Gasteiger partial charge in [0.1, 0.15) is 6.29 Å². The molecule has 0 aromatic carbocycles. The summed E-state index contributed by atoms with van der Waals surface area (Å²) in [5, 5.41) is 0. The lowest BCUT2D eigenvalue weighted by atomic mass is 9.80. The van der Waals surface area contributed by atoms with E-state index in [1.165, 1.54) is 12.8 Å². The lowest BCUT2D eigenvalue weighted by Gasteiger charge is -2.24. The highest BCUT2D eigenvalue weighted by Crippen LogP contribution is 2.28. The molecule has 1 rings (SSSR count). The Hall–Kier alpha value is -0.590. The molecule has 0 heterocycles. The van der Waals surface area contributed by atoms with Gasteiger partial charge in [-0.15, -0.1) is 6.58 Å². The molecule has 0 bridgehead atoms. The number of hydrogen-bond donors (Lipinski definition) is 0. The van der Waals surface area contributed by atoms with Gasteiger partial charge in [-0.1, -0.05) is 18.9 Å². The molecule has 0 spiro atoms. The number of allylic oxidation sites excluding steroid dienone is 1. The molecule has 1 nitrogen and oxygen atoms in total. The van der Waals surface area contributed by atoms with Gasteiger partial charge in [0, 0.05) is 5.92 Å². The van der Waals surface area contributed by atoms with Crippen molar-refractivity contribution >= 4 is 6.29 Å². The van der Waals surface area contributed by atoms with Crippen LogP contribution in [0.3, 0.4) is 0 Å². The van der Waals surface area contributed by atoms with Gasteiger partial charge < -0.3 is 4.79 Å². The molecule has 1 aliphatic carbocycles. The van der Waals surface area contributed by atoms with Crippen LogP contribution in [0.5, 0.6) is 0 Å². The molecule has 56 valence electrons. The fourth-order valence-electron chi connectivity index (χ4n) is 1.65. The first kappa shape index (κ1) is 7.52. The van der Waals surface area contributed by atoms with Crippen molar-refractivity contribution in [3.63, 3.8) is 0 Å². The summed E-state index contributed by atoms with van der Waals surface area (Å²) >= 11 is 0. The quantitative estimate of drug-likeness (QED) is 0.422. The van der Waals surface area contributed by atoms with Crippen LogP contribution >= 0.6 is 0 Å². The highest BCUT2D eigenvalue weighted by molar-refractivity contribution is 5.54. The van der Waals surface area contributed by atoms with Crippen LogP contribution in [-0.4, -0.2) is 6.29 Å². The first-order valence-corrected chi connectivity index (χ1v) is 3.96. The molecule has 1 saturated carbocycles. The number of carbonyl (C=O) groups excluding carboxylic acids is 1. The molecule has 2 atom stereocenters. The zero-order chi connectivity index (χ0) is 7.40. The normalized spacial score (nSPS) is 33.2. The molecule has 0 aromatic rings. The Morgan fingerprint density at radius 2 is 1.80 bits per heavy atom. The minimum Gasteiger partial charge on any atom is -0.303 e. The van der Waals surface area contributed by atoms with Crippen molar-refractivity contribution < 1.29 is 4.79 Å². The zero-order valence-corrected chi connectivity index (χ0v) is 6.25. The Balaban J connectivity index is 2.49. The van der Waals surface area contributed by atoms with E-state index in [9.17, 15) is 4.79 Å². The molecule has 0 radical (unpaired) electrons. The Kier molecular flexibility index (Phi) is 2.67. The van der Waals surface area contributed by atoms with E-state index in [4.69, 9.17) is 0 Å². The summed E-state index contributed by atoms with van der Waals surface area (Å²) < 4.78 is 0. The second kappa shape index (κ2) is 3.55. The second-order valence-electron chi connectivity index (χ2n) is 2.98. The van der Waals surface area contributed by atoms with Gasteiger partial charge in [0.2, 0.25) is 0 Å². The van der Waals surface area contributed by atoms with Crippen LogP contribution in [-0.2, 0) is 4.79 Å². The summed E-state index contributed by atoms with van der Waals surface area (Å²) in [4.78, 5) is 10.5. The predicted molar refractivity (Wildman–Crippen MR) is 41.7 cm³/mol. The van der Waals surface area contributed by atoms with Crippen molar-refractivity contribution in [3.8, 4) is 0 Å². The summed E-state index contributed by atoms with van der Waals surface area (Å²) in [6, 6.07) is 0. The Labute approximate surface area is 62.1 Å². The van der Waals surface area contributed by atoms with E-state index >= 15 is 0 Å². The van der Waals surface area contributed by atoms with Gasteiger partial charge >= 0.3 is 0 Å². The van der Waals surface area contributed by atoms with Crippen LogP contribution in [0.2, 0.25) is 0 Å². The van der Waals surface area contributed by atoms with Gasteiger partial charge in [-0.25, -0.2) is 0 Å². The van der Waals surface area contributed by atoms with Crippen LogP contribution < -0.4 is 0 Å². The molecule has 1 fully saturated rings. The summed E-state index contributed by atoms with van der Waals surface area (Å²) in [5.41, 5.74) is 0. The molecule has 0 aliphatic heterocycles. The minimum atomic E-state index is 0.270. The minimum absolute atomic E-state index is 0.270. The summed E-state index contributed by atoms with van der Waals surface area (Å²) in [6.07, 6.45) is 7.73. The van der Waals surface area contributed by atoms with Crippen LogP contribution in [0.1, 0.15) is 25.7 Å². The Bertz CT molecular complexity index is 113. The first-order valence-electron chi connectivity index (χ1n) is 3.96. The van der Waals surface area contributed by atoms with Gasteiger partial charge in [0.25, 0.3) is 0 Å². The molecule has 0 amide bonds. The zero-order valence-electron chi connectivity index (χ0n) is 6.25. The largest absolute Gasteiger partial charge is 0.303 e. The Morgan fingerprint density at radius 3 is 2.20 bits per heavy atom. The monoisotopic (exact) mass is 138 g/mol. The molecule has 1 heteroatoms. The average molecular weight is 138 g/mol. The second-order valence-corrected chi connectivity index (χ2v) is 2.98. The number of rotatable bonds is 2. The molecule has 10 heavy (non-hydrogen) atoms. The van der Waals surface area contributed by atoms with E-state index in [-0.39, 0.29) is 5.92 Å². The van der Waals surface area contributed by atoms with Crippen LogP contribution in [0.4, 0.5) is 0 Å². The predicted octanol–water partition coefficient (Wildman–Crippen LogP) is 2.18. The van der Waals surface area contributed by atoms with Crippen molar-refractivity contribution in [2.45, 2.75) is 25.7 Å². The van der Waals surface area contributed by atoms with E-state index in [2.05, 4.69) is 6.58 Å².